The maximum Gasteiger partial charge on any atom is 0.335 e. The summed E-state index contributed by atoms with van der Waals surface area (Å²) in [7, 11) is 0. The van der Waals surface area contributed by atoms with Crippen molar-refractivity contribution in [2.75, 3.05) is 0 Å². The minimum atomic E-state index is -1.01. The summed E-state index contributed by atoms with van der Waals surface area (Å²) in [6.07, 6.45) is 4.33. The fraction of sp³-hybridized carbons (Fsp3) is 0.172. The van der Waals surface area contributed by atoms with Gasteiger partial charge in [0, 0.05) is 12.0 Å². The Morgan fingerprint density at radius 2 is 1.17 bits per heavy atom. The molecule has 5 aromatic rings. The van der Waals surface area contributed by atoms with Gasteiger partial charge >= 0.3 is 11.9 Å². The van der Waals surface area contributed by atoms with Gasteiger partial charge in [-0.1, -0.05) is 17.4 Å². The maximum atomic E-state index is 12.9. The van der Waals surface area contributed by atoms with Crippen LogP contribution in [0.15, 0.2) is 60.9 Å². The number of Topliss-reactive ketones (excluding diaryl/α,β-unsaturated/α-hetero) is 1. The number of aromatic carboxylic acids is 2. The van der Waals surface area contributed by atoms with Crippen molar-refractivity contribution in [2.24, 2.45) is 0 Å². The van der Waals surface area contributed by atoms with Crippen LogP contribution in [0.3, 0.4) is 0 Å². The first-order valence-electron chi connectivity index (χ1n) is 12.7. The lowest BCUT2D eigenvalue weighted by Gasteiger charge is -2.06. The first-order valence-corrected chi connectivity index (χ1v) is 12.7. The number of rotatable bonds is 9. The molecule has 41 heavy (non-hydrogen) atoms. The van der Waals surface area contributed by atoms with Gasteiger partial charge in [-0.15, -0.1) is 10.2 Å². The Hall–Kier alpha value is -5.52. The van der Waals surface area contributed by atoms with Crippen LogP contribution < -0.4 is 0 Å². The zero-order chi connectivity index (χ0) is 29.3. The zero-order valence-corrected chi connectivity index (χ0v) is 22.4. The molecule has 3 heterocycles. The van der Waals surface area contributed by atoms with Crippen molar-refractivity contribution in [1.29, 1.82) is 0 Å². The van der Waals surface area contributed by atoms with Crippen molar-refractivity contribution >= 4 is 17.7 Å². The number of benzene rings is 2. The summed E-state index contributed by atoms with van der Waals surface area (Å²) in [5.41, 5.74) is 4.87. The topological polar surface area (TPSA) is 166 Å². The molecule has 12 heteroatoms. The number of hydrogen-bond donors (Lipinski definition) is 2. The van der Waals surface area contributed by atoms with Gasteiger partial charge in [0.25, 0.3) is 0 Å². The Kier molecular flexibility index (Phi) is 7.21. The summed E-state index contributed by atoms with van der Waals surface area (Å²) in [4.78, 5) is 40.4. The third-order valence-electron chi connectivity index (χ3n) is 6.55. The Morgan fingerprint density at radius 1 is 0.707 bits per heavy atom. The normalized spacial score (nSPS) is 11.0. The highest BCUT2D eigenvalue weighted by Gasteiger charge is 2.17. The molecule has 2 N–H and O–H groups in total. The lowest BCUT2D eigenvalue weighted by molar-refractivity contribution is 0.0685. The number of hydrogen-bond acceptors (Lipinski definition) is 8. The first-order chi connectivity index (χ1) is 19.6. The lowest BCUT2D eigenvalue weighted by atomic mass is 10.0. The molecular formula is C29H25N7O5. The highest BCUT2D eigenvalue weighted by atomic mass is 16.4. The minimum Gasteiger partial charge on any atom is -0.478 e. The molecule has 0 unspecified atom stereocenters. The van der Waals surface area contributed by atoms with Crippen molar-refractivity contribution in [3.8, 4) is 34.2 Å². The van der Waals surface area contributed by atoms with E-state index in [4.69, 9.17) is 4.98 Å². The number of nitrogens with zero attached hydrogens (tertiary/aromatic N) is 7. The largest absolute Gasteiger partial charge is 0.478 e. The summed E-state index contributed by atoms with van der Waals surface area (Å²) >= 11 is 0. The molecule has 5 rings (SSSR count). The summed E-state index contributed by atoms with van der Waals surface area (Å²) in [5, 5.41) is 35.5. The van der Waals surface area contributed by atoms with E-state index in [1.165, 1.54) is 21.5 Å². The zero-order valence-electron chi connectivity index (χ0n) is 22.4. The highest BCUT2D eigenvalue weighted by molar-refractivity contribution is 5.97. The van der Waals surface area contributed by atoms with Crippen LogP contribution in [0.1, 0.15) is 62.0 Å². The molecule has 206 valence electrons. The van der Waals surface area contributed by atoms with Crippen LogP contribution in [0.2, 0.25) is 0 Å². The van der Waals surface area contributed by atoms with Gasteiger partial charge in [0.05, 0.1) is 46.3 Å². The molecule has 0 aliphatic heterocycles. The number of aryl methyl sites for hydroxylation is 2. The number of carbonyl (C=O) groups excluding carboxylic acids is 1. The van der Waals surface area contributed by atoms with E-state index in [0.717, 1.165) is 0 Å². The number of pyridine rings is 1. The molecule has 0 radical (unpaired) electrons. The molecule has 0 aliphatic rings. The summed E-state index contributed by atoms with van der Waals surface area (Å²) in [6, 6.07) is 13.0. The van der Waals surface area contributed by atoms with E-state index in [-0.39, 0.29) is 16.9 Å². The van der Waals surface area contributed by atoms with E-state index in [1.54, 1.807) is 62.6 Å². The standard InChI is InChI=1S/C29H25N7O5/c1-4-5-27(37)18-12-23(25-14-35(33-31-25)19-6-8-21(28(38)39)16(2)10-19)30-24(13-18)26-15-36(34-32-26)20-7-9-22(29(40)41)17(3)11-20/h6-15H,4-5H2,1-3H3,(H,38,39)(H,40,41). The highest BCUT2D eigenvalue weighted by Crippen LogP contribution is 2.25. The number of aromatic nitrogens is 7. The van der Waals surface area contributed by atoms with Crippen LogP contribution >= 0.6 is 0 Å². The van der Waals surface area contributed by atoms with Crippen LogP contribution in [0.4, 0.5) is 0 Å². The van der Waals surface area contributed by atoms with Crippen molar-refractivity contribution < 1.29 is 24.6 Å². The second-order valence-corrected chi connectivity index (χ2v) is 9.50. The molecule has 0 bridgehead atoms. The van der Waals surface area contributed by atoms with E-state index in [1.807, 2.05) is 6.92 Å². The second-order valence-electron chi connectivity index (χ2n) is 9.50. The molecule has 0 amide bonds. The van der Waals surface area contributed by atoms with Gasteiger partial charge in [0.1, 0.15) is 11.4 Å². The Morgan fingerprint density at radius 3 is 1.56 bits per heavy atom. The van der Waals surface area contributed by atoms with Crippen molar-refractivity contribution in [2.45, 2.75) is 33.6 Å². The van der Waals surface area contributed by atoms with Gasteiger partial charge in [-0.25, -0.2) is 23.9 Å². The SMILES string of the molecule is CCCC(=O)c1cc(-c2cn(-c3ccc(C(=O)O)c(C)c3)nn2)nc(-c2cn(-c3ccc(C(=O)O)c(C)c3)nn2)c1. The molecule has 0 atom stereocenters. The smallest absolute Gasteiger partial charge is 0.335 e. The number of carboxylic acid groups (broad SMARTS) is 2. The van der Waals surface area contributed by atoms with Crippen LogP contribution in [0, 0.1) is 13.8 Å². The predicted molar refractivity (Wildman–Crippen MR) is 148 cm³/mol. The summed E-state index contributed by atoms with van der Waals surface area (Å²) < 4.78 is 3.02. The molecule has 3 aromatic heterocycles. The molecule has 0 saturated carbocycles. The van der Waals surface area contributed by atoms with Gasteiger partial charge in [0.15, 0.2) is 5.78 Å². The molecule has 0 fully saturated rings. The van der Waals surface area contributed by atoms with Crippen LogP contribution in [0.25, 0.3) is 34.2 Å². The number of ketones is 1. The van der Waals surface area contributed by atoms with Gasteiger partial charge < -0.3 is 10.2 Å². The third kappa shape index (κ3) is 5.48. The lowest BCUT2D eigenvalue weighted by Crippen LogP contribution is -2.02. The van der Waals surface area contributed by atoms with E-state index in [0.29, 0.717) is 63.7 Å². The fourth-order valence-corrected chi connectivity index (χ4v) is 4.40. The first kappa shape index (κ1) is 27.1. The van der Waals surface area contributed by atoms with E-state index < -0.39 is 11.9 Å². The Labute approximate surface area is 233 Å². The quantitative estimate of drug-likeness (QED) is 0.248. The summed E-state index contributed by atoms with van der Waals surface area (Å²) in [5.74, 6) is -2.08. The monoisotopic (exact) mass is 551 g/mol. The van der Waals surface area contributed by atoms with Crippen molar-refractivity contribution in [1.82, 2.24) is 35.0 Å². The van der Waals surface area contributed by atoms with Crippen LogP contribution in [-0.4, -0.2) is 62.9 Å². The third-order valence-corrected chi connectivity index (χ3v) is 6.55. The van der Waals surface area contributed by atoms with E-state index in [2.05, 4.69) is 20.6 Å². The Balaban J connectivity index is 1.53. The van der Waals surface area contributed by atoms with Gasteiger partial charge in [-0.3, -0.25) is 4.79 Å². The molecule has 12 nitrogen and oxygen atoms in total. The van der Waals surface area contributed by atoms with E-state index >= 15 is 0 Å². The van der Waals surface area contributed by atoms with Crippen molar-refractivity contribution in [3.63, 3.8) is 0 Å². The van der Waals surface area contributed by atoms with E-state index in [9.17, 15) is 24.6 Å². The van der Waals surface area contributed by atoms with Gasteiger partial charge in [0.2, 0.25) is 0 Å². The number of carbonyl (C=O) groups is 3. The molecular weight excluding hydrogens is 526 g/mol. The fourth-order valence-electron chi connectivity index (χ4n) is 4.40. The predicted octanol–water partition coefficient (Wildman–Crippen LogP) is 4.57. The van der Waals surface area contributed by atoms with Gasteiger partial charge in [-0.2, -0.15) is 0 Å². The average Bonchev–Trinajstić information content (AvgIpc) is 3.63. The molecule has 0 spiro atoms. The van der Waals surface area contributed by atoms with Crippen molar-refractivity contribution in [3.05, 3.63) is 88.7 Å². The molecule has 0 aliphatic carbocycles. The number of carboxylic acids is 2. The van der Waals surface area contributed by atoms with Crippen LogP contribution in [0.5, 0.6) is 0 Å². The van der Waals surface area contributed by atoms with Gasteiger partial charge in [-0.05, 0) is 79.9 Å². The molecule has 0 saturated heterocycles. The summed E-state index contributed by atoms with van der Waals surface area (Å²) in [6.45, 7) is 5.33. The minimum absolute atomic E-state index is 0.0584. The second kappa shape index (κ2) is 10.9. The molecule has 2 aromatic carbocycles. The average molecular weight is 552 g/mol. The van der Waals surface area contributed by atoms with Crippen LogP contribution in [-0.2, 0) is 0 Å². The maximum absolute atomic E-state index is 12.9. The Bertz CT molecular complexity index is 1700.